The molecule has 0 unspecified atom stereocenters. The first-order valence-corrected chi connectivity index (χ1v) is 6.63. The van der Waals surface area contributed by atoms with Gasteiger partial charge in [-0.15, -0.1) is 0 Å². The molecule has 0 aliphatic carbocycles. The van der Waals surface area contributed by atoms with Gasteiger partial charge in [-0.3, -0.25) is 4.79 Å². The van der Waals surface area contributed by atoms with Crippen LogP contribution >= 0.6 is 0 Å². The zero-order chi connectivity index (χ0) is 15.2. The average molecular weight is 286 g/mol. The van der Waals surface area contributed by atoms with E-state index in [-0.39, 0.29) is 12.5 Å². The lowest BCUT2D eigenvalue weighted by molar-refractivity contribution is -0.123. The Labute approximate surface area is 123 Å². The van der Waals surface area contributed by atoms with E-state index in [4.69, 9.17) is 9.15 Å². The minimum atomic E-state index is -0.318. The van der Waals surface area contributed by atoms with Crippen LogP contribution in [-0.2, 0) is 4.79 Å². The monoisotopic (exact) mass is 286 g/mol. The van der Waals surface area contributed by atoms with Crippen molar-refractivity contribution >= 4 is 11.6 Å². The van der Waals surface area contributed by atoms with Crippen LogP contribution < -0.4 is 10.2 Å². The number of ether oxygens (including phenoxy) is 1. The molecule has 5 heteroatoms. The highest BCUT2D eigenvalue weighted by Crippen LogP contribution is 2.18. The van der Waals surface area contributed by atoms with Crippen molar-refractivity contribution in [1.29, 1.82) is 0 Å². The molecule has 0 bridgehead atoms. The van der Waals surface area contributed by atoms with E-state index in [1.807, 2.05) is 32.0 Å². The zero-order valence-corrected chi connectivity index (χ0v) is 12.3. The molecule has 0 atom stereocenters. The number of carbonyl (C=O) groups excluding carboxylic acids is 1. The van der Waals surface area contributed by atoms with Gasteiger partial charge in [0.25, 0.3) is 5.91 Å². The predicted octanol–water partition coefficient (Wildman–Crippen LogP) is 2.82. The van der Waals surface area contributed by atoms with E-state index in [9.17, 15) is 4.79 Å². The molecular weight excluding hydrogens is 268 g/mol. The molecule has 0 saturated carbocycles. The maximum atomic E-state index is 11.7. The van der Waals surface area contributed by atoms with Crippen LogP contribution in [0.1, 0.15) is 23.8 Å². The number of carbonyl (C=O) groups is 1. The van der Waals surface area contributed by atoms with E-state index in [0.717, 1.165) is 11.1 Å². The molecule has 2 rings (SSSR count). The summed E-state index contributed by atoms with van der Waals surface area (Å²) >= 11 is 0. The molecule has 0 fully saturated rings. The molecule has 1 N–H and O–H groups in total. The topological polar surface area (TPSA) is 63.8 Å². The predicted molar refractivity (Wildman–Crippen MR) is 80.5 cm³/mol. The minimum absolute atomic E-state index is 0.0841. The van der Waals surface area contributed by atoms with Gasteiger partial charge in [0.1, 0.15) is 17.2 Å². The average Bonchev–Trinajstić information content (AvgIpc) is 3.00. The summed E-state index contributed by atoms with van der Waals surface area (Å²) in [5.41, 5.74) is 5.11. The molecule has 5 nitrogen and oxygen atoms in total. The third-order valence-corrected chi connectivity index (χ3v) is 2.93. The number of rotatable bonds is 5. The van der Waals surface area contributed by atoms with Crippen molar-refractivity contribution in [1.82, 2.24) is 5.43 Å². The molecule has 0 spiro atoms. The molecule has 0 aliphatic rings. The fraction of sp³-hybridized carbons (Fsp3) is 0.250. The number of nitrogens with one attached hydrogen (secondary N) is 1. The van der Waals surface area contributed by atoms with E-state index in [0.29, 0.717) is 17.2 Å². The number of amides is 1. The lowest BCUT2D eigenvalue weighted by Gasteiger charge is -2.09. The van der Waals surface area contributed by atoms with Crippen LogP contribution in [0.15, 0.2) is 46.1 Å². The highest BCUT2D eigenvalue weighted by Gasteiger charge is 2.06. The van der Waals surface area contributed by atoms with Gasteiger partial charge in [0.15, 0.2) is 6.61 Å². The lowest BCUT2D eigenvalue weighted by atomic mass is 10.1. The summed E-state index contributed by atoms with van der Waals surface area (Å²) in [7, 11) is 0. The van der Waals surface area contributed by atoms with E-state index < -0.39 is 0 Å². The summed E-state index contributed by atoms with van der Waals surface area (Å²) in [6.07, 6.45) is 1.56. The maximum Gasteiger partial charge on any atom is 0.277 e. The van der Waals surface area contributed by atoms with Crippen LogP contribution in [0.2, 0.25) is 0 Å². The first-order chi connectivity index (χ1) is 10.1. The Kier molecular flexibility index (Phi) is 4.77. The number of furan rings is 1. The zero-order valence-electron chi connectivity index (χ0n) is 12.3. The van der Waals surface area contributed by atoms with Crippen LogP contribution in [0.3, 0.4) is 0 Å². The van der Waals surface area contributed by atoms with Crippen molar-refractivity contribution < 1.29 is 13.9 Å². The van der Waals surface area contributed by atoms with Crippen molar-refractivity contribution in [2.24, 2.45) is 5.10 Å². The van der Waals surface area contributed by atoms with Crippen LogP contribution in [0.25, 0.3) is 0 Å². The Balaban J connectivity index is 1.88. The SMILES string of the molecule is C/C(=N/NC(=O)COc1cc(C)ccc1C)c1ccco1. The summed E-state index contributed by atoms with van der Waals surface area (Å²) in [5, 5.41) is 3.96. The minimum Gasteiger partial charge on any atom is -0.483 e. The highest BCUT2D eigenvalue weighted by molar-refractivity contribution is 5.96. The van der Waals surface area contributed by atoms with Gasteiger partial charge in [0.05, 0.1) is 6.26 Å². The number of hydrogen-bond acceptors (Lipinski definition) is 4. The normalized spacial score (nSPS) is 11.3. The van der Waals surface area contributed by atoms with Gasteiger partial charge in [-0.25, -0.2) is 5.43 Å². The lowest BCUT2D eigenvalue weighted by Crippen LogP contribution is -2.25. The number of nitrogens with zero attached hydrogens (tertiary/aromatic N) is 1. The summed E-state index contributed by atoms with van der Waals surface area (Å²) < 4.78 is 10.7. The smallest absolute Gasteiger partial charge is 0.277 e. The molecule has 1 aromatic heterocycles. The van der Waals surface area contributed by atoms with Crippen molar-refractivity contribution in [2.75, 3.05) is 6.61 Å². The third kappa shape index (κ3) is 4.21. The number of hydrogen-bond donors (Lipinski definition) is 1. The van der Waals surface area contributed by atoms with Gasteiger partial charge in [-0.2, -0.15) is 5.10 Å². The van der Waals surface area contributed by atoms with E-state index in [1.54, 1.807) is 25.3 Å². The Morgan fingerprint density at radius 2 is 2.14 bits per heavy atom. The van der Waals surface area contributed by atoms with Gasteiger partial charge < -0.3 is 9.15 Å². The Hall–Kier alpha value is -2.56. The van der Waals surface area contributed by atoms with Crippen LogP contribution in [-0.4, -0.2) is 18.2 Å². The van der Waals surface area contributed by atoms with E-state index in [2.05, 4.69) is 10.5 Å². The standard InChI is InChI=1S/C16H18N2O3/c1-11-6-7-12(2)15(9-11)21-10-16(19)18-17-13(3)14-5-4-8-20-14/h4-9H,10H2,1-3H3,(H,18,19)/b17-13-. The summed E-state index contributed by atoms with van der Waals surface area (Å²) in [6, 6.07) is 9.40. The molecule has 2 aromatic rings. The van der Waals surface area contributed by atoms with Crippen LogP contribution in [0, 0.1) is 13.8 Å². The second-order valence-corrected chi connectivity index (χ2v) is 4.77. The van der Waals surface area contributed by atoms with Gasteiger partial charge in [0.2, 0.25) is 0 Å². The quantitative estimate of drug-likeness (QED) is 0.679. The molecule has 21 heavy (non-hydrogen) atoms. The van der Waals surface area contributed by atoms with Crippen LogP contribution in [0.4, 0.5) is 0 Å². The number of aryl methyl sites for hydroxylation is 2. The number of hydrazone groups is 1. The molecule has 0 aliphatic heterocycles. The van der Waals surface area contributed by atoms with E-state index >= 15 is 0 Å². The van der Waals surface area contributed by atoms with Crippen LogP contribution in [0.5, 0.6) is 5.75 Å². The largest absolute Gasteiger partial charge is 0.483 e. The third-order valence-electron chi connectivity index (χ3n) is 2.93. The van der Waals surface area contributed by atoms with E-state index in [1.165, 1.54) is 0 Å². The Morgan fingerprint density at radius 3 is 2.86 bits per heavy atom. The van der Waals surface area contributed by atoms with Crippen molar-refractivity contribution in [3.05, 3.63) is 53.5 Å². The summed E-state index contributed by atoms with van der Waals surface area (Å²) in [4.78, 5) is 11.7. The fourth-order valence-electron chi connectivity index (χ4n) is 1.72. The molecule has 110 valence electrons. The molecule has 1 aromatic carbocycles. The second kappa shape index (κ2) is 6.74. The molecule has 0 radical (unpaired) electrons. The fourth-order valence-corrected chi connectivity index (χ4v) is 1.72. The van der Waals surface area contributed by atoms with Gasteiger partial charge in [-0.05, 0) is 50.1 Å². The first kappa shape index (κ1) is 14.8. The molecule has 0 saturated heterocycles. The Morgan fingerprint density at radius 1 is 1.33 bits per heavy atom. The summed E-state index contributed by atoms with van der Waals surface area (Å²) in [6.45, 7) is 5.58. The van der Waals surface area contributed by atoms with Crippen molar-refractivity contribution in [3.63, 3.8) is 0 Å². The van der Waals surface area contributed by atoms with Gasteiger partial charge >= 0.3 is 0 Å². The van der Waals surface area contributed by atoms with Crippen molar-refractivity contribution in [3.8, 4) is 5.75 Å². The molecular formula is C16H18N2O3. The summed E-state index contributed by atoms with van der Waals surface area (Å²) in [5.74, 6) is 1.00. The molecule has 1 amide bonds. The number of benzene rings is 1. The second-order valence-electron chi connectivity index (χ2n) is 4.77. The molecule has 1 heterocycles. The van der Waals surface area contributed by atoms with Gasteiger partial charge in [-0.1, -0.05) is 12.1 Å². The highest BCUT2D eigenvalue weighted by atomic mass is 16.5. The van der Waals surface area contributed by atoms with Crippen molar-refractivity contribution in [2.45, 2.75) is 20.8 Å². The Bertz CT molecular complexity index is 646. The first-order valence-electron chi connectivity index (χ1n) is 6.63. The van der Waals surface area contributed by atoms with Gasteiger partial charge in [0, 0.05) is 0 Å². The maximum absolute atomic E-state index is 11.7.